The van der Waals surface area contributed by atoms with E-state index < -0.39 is 24.1 Å². The molecule has 0 fully saturated rings. The van der Waals surface area contributed by atoms with Crippen molar-refractivity contribution in [2.75, 3.05) is 25.6 Å². The Bertz CT molecular complexity index is 1190. The number of nitrogens with zero attached hydrogens (tertiary/aromatic N) is 2. The Labute approximate surface area is 195 Å². The molecule has 176 valence electrons. The summed E-state index contributed by atoms with van der Waals surface area (Å²) in [5.41, 5.74) is 4.48. The molecular formula is C24H24N4O6. The summed E-state index contributed by atoms with van der Waals surface area (Å²) in [5, 5.41) is 18.1. The molecule has 0 aliphatic heterocycles. The van der Waals surface area contributed by atoms with Gasteiger partial charge in [0, 0.05) is 26.1 Å². The molecule has 0 saturated carbocycles. The van der Waals surface area contributed by atoms with Crippen molar-refractivity contribution in [3.63, 3.8) is 0 Å². The maximum Gasteiger partial charge on any atom is 0.412 e. The number of carboxylic acid groups (broad SMARTS) is 1. The van der Waals surface area contributed by atoms with Crippen molar-refractivity contribution in [3.05, 3.63) is 71.4 Å². The van der Waals surface area contributed by atoms with Crippen LogP contribution in [0.4, 0.5) is 10.6 Å². The van der Waals surface area contributed by atoms with Crippen LogP contribution in [0.25, 0.3) is 11.1 Å². The number of aliphatic carboxylic acids is 1. The van der Waals surface area contributed by atoms with E-state index in [0.29, 0.717) is 0 Å². The van der Waals surface area contributed by atoms with Gasteiger partial charge in [0.25, 0.3) is 5.91 Å². The number of aromatic nitrogens is 2. The number of hydrogen-bond acceptors (Lipinski definition) is 6. The zero-order chi connectivity index (χ0) is 24.2. The Morgan fingerprint density at radius 3 is 2.29 bits per heavy atom. The van der Waals surface area contributed by atoms with Crippen LogP contribution in [0, 0.1) is 0 Å². The second kappa shape index (κ2) is 9.75. The molecule has 1 unspecified atom stereocenters. The standard InChI is InChI=1S/C24H24N4O6/c1-28-21(11-19(27-28)22(29)25-12-20(33-2)23(30)31)26-24(32)34-13-18-16-9-5-3-7-14(16)15-8-4-6-10-17(15)18/h3-11,18,20H,12-13H2,1-2H3,(H,25,29)(H,26,32)(H,30,31). The Hall–Kier alpha value is -4.18. The van der Waals surface area contributed by atoms with Crippen LogP contribution in [0.3, 0.4) is 0 Å². The highest BCUT2D eigenvalue weighted by Gasteiger charge is 2.29. The normalized spacial score (nSPS) is 13.0. The lowest BCUT2D eigenvalue weighted by molar-refractivity contribution is -0.148. The van der Waals surface area contributed by atoms with Crippen molar-refractivity contribution in [2.45, 2.75) is 12.0 Å². The largest absolute Gasteiger partial charge is 0.479 e. The Morgan fingerprint density at radius 2 is 1.71 bits per heavy atom. The van der Waals surface area contributed by atoms with Gasteiger partial charge in [-0.2, -0.15) is 5.10 Å². The number of ether oxygens (including phenoxy) is 2. The van der Waals surface area contributed by atoms with Crippen LogP contribution in [-0.2, 0) is 21.3 Å². The first-order valence-corrected chi connectivity index (χ1v) is 10.6. The number of carboxylic acids is 1. The van der Waals surface area contributed by atoms with Crippen LogP contribution in [0.2, 0.25) is 0 Å². The molecule has 34 heavy (non-hydrogen) atoms. The molecule has 1 heterocycles. The molecule has 0 spiro atoms. The fourth-order valence-electron chi connectivity index (χ4n) is 3.98. The van der Waals surface area contributed by atoms with Gasteiger partial charge in [0.1, 0.15) is 12.4 Å². The first-order valence-electron chi connectivity index (χ1n) is 10.6. The minimum Gasteiger partial charge on any atom is -0.479 e. The number of fused-ring (bicyclic) bond motifs is 3. The fourth-order valence-corrected chi connectivity index (χ4v) is 3.98. The summed E-state index contributed by atoms with van der Waals surface area (Å²) >= 11 is 0. The zero-order valence-corrected chi connectivity index (χ0v) is 18.6. The molecule has 4 rings (SSSR count). The van der Waals surface area contributed by atoms with E-state index in [2.05, 4.69) is 27.9 Å². The Kier molecular flexibility index (Phi) is 6.60. The highest BCUT2D eigenvalue weighted by atomic mass is 16.5. The number of hydrogen-bond donors (Lipinski definition) is 3. The summed E-state index contributed by atoms with van der Waals surface area (Å²) in [6, 6.07) is 17.5. The number of rotatable bonds is 8. The van der Waals surface area contributed by atoms with Crippen LogP contribution in [0.5, 0.6) is 0 Å². The van der Waals surface area contributed by atoms with Crippen LogP contribution >= 0.6 is 0 Å². The number of methoxy groups -OCH3 is 1. The van der Waals surface area contributed by atoms with E-state index in [1.807, 2.05) is 36.4 Å². The molecule has 2 amide bonds. The third-order valence-electron chi connectivity index (χ3n) is 5.69. The number of aryl methyl sites for hydroxylation is 1. The topological polar surface area (TPSA) is 132 Å². The number of carbonyl (C=O) groups is 3. The summed E-state index contributed by atoms with van der Waals surface area (Å²) < 4.78 is 11.6. The summed E-state index contributed by atoms with van der Waals surface area (Å²) in [7, 11) is 2.80. The number of carbonyl (C=O) groups excluding carboxylic acids is 2. The summed E-state index contributed by atoms with van der Waals surface area (Å²) in [6.07, 6.45) is -1.85. The molecule has 3 N–H and O–H groups in total. The van der Waals surface area contributed by atoms with Crippen molar-refractivity contribution in [2.24, 2.45) is 7.05 Å². The van der Waals surface area contributed by atoms with Crippen molar-refractivity contribution in [3.8, 4) is 11.1 Å². The van der Waals surface area contributed by atoms with E-state index in [1.165, 1.54) is 17.9 Å². The van der Waals surface area contributed by atoms with Gasteiger partial charge < -0.3 is 19.9 Å². The van der Waals surface area contributed by atoms with Gasteiger partial charge in [0.05, 0.1) is 6.54 Å². The van der Waals surface area contributed by atoms with Gasteiger partial charge in [0.2, 0.25) is 0 Å². The molecule has 1 aliphatic carbocycles. The van der Waals surface area contributed by atoms with Crippen LogP contribution < -0.4 is 10.6 Å². The lowest BCUT2D eigenvalue weighted by atomic mass is 9.98. The van der Waals surface area contributed by atoms with E-state index >= 15 is 0 Å². The predicted octanol–water partition coefficient (Wildman–Crippen LogP) is 2.61. The first-order chi connectivity index (χ1) is 16.4. The molecule has 10 nitrogen and oxygen atoms in total. The minimum absolute atomic E-state index is 0.0108. The number of nitrogens with one attached hydrogen (secondary N) is 2. The first kappa shape index (κ1) is 23.0. The van der Waals surface area contributed by atoms with Crippen LogP contribution in [0.15, 0.2) is 54.6 Å². The van der Waals surface area contributed by atoms with Gasteiger partial charge in [-0.15, -0.1) is 0 Å². The predicted molar refractivity (Wildman–Crippen MR) is 123 cm³/mol. The average Bonchev–Trinajstić information content (AvgIpc) is 3.35. The lowest BCUT2D eigenvalue weighted by Crippen LogP contribution is -2.38. The molecule has 10 heteroatoms. The SMILES string of the molecule is COC(CNC(=O)c1cc(NC(=O)OCC2c3ccccc3-c3ccccc32)n(C)n1)C(=O)O. The molecule has 1 aromatic heterocycles. The van der Waals surface area contributed by atoms with E-state index in [0.717, 1.165) is 22.3 Å². The van der Waals surface area contributed by atoms with Gasteiger partial charge in [-0.05, 0) is 22.3 Å². The van der Waals surface area contributed by atoms with E-state index in [-0.39, 0.29) is 30.6 Å². The molecule has 3 aromatic rings. The smallest absolute Gasteiger partial charge is 0.412 e. The van der Waals surface area contributed by atoms with E-state index in [1.54, 1.807) is 7.05 Å². The maximum absolute atomic E-state index is 12.5. The fraction of sp³-hybridized carbons (Fsp3) is 0.250. The average molecular weight is 464 g/mol. The van der Waals surface area contributed by atoms with Crippen LogP contribution in [-0.4, -0.2) is 59.2 Å². The highest BCUT2D eigenvalue weighted by Crippen LogP contribution is 2.44. The quantitative estimate of drug-likeness (QED) is 0.467. The highest BCUT2D eigenvalue weighted by molar-refractivity contribution is 5.94. The molecule has 2 aromatic carbocycles. The van der Waals surface area contributed by atoms with Gasteiger partial charge in [-0.3, -0.25) is 14.8 Å². The Balaban J connectivity index is 1.38. The molecular weight excluding hydrogens is 440 g/mol. The monoisotopic (exact) mass is 464 g/mol. The van der Waals surface area contributed by atoms with Gasteiger partial charge >= 0.3 is 12.1 Å². The molecule has 0 bridgehead atoms. The lowest BCUT2D eigenvalue weighted by Gasteiger charge is -2.14. The van der Waals surface area contributed by atoms with Gasteiger partial charge in [-0.1, -0.05) is 48.5 Å². The van der Waals surface area contributed by atoms with Crippen molar-refractivity contribution >= 4 is 23.8 Å². The summed E-state index contributed by atoms with van der Waals surface area (Å²) in [4.78, 5) is 35.8. The third kappa shape index (κ3) is 4.62. The second-order valence-corrected chi connectivity index (χ2v) is 7.76. The Morgan fingerprint density at radius 1 is 1.09 bits per heavy atom. The molecule has 0 saturated heterocycles. The number of benzene rings is 2. The molecule has 0 radical (unpaired) electrons. The summed E-state index contributed by atoms with van der Waals surface area (Å²) in [6.45, 7) is -0.0744. The minimum atomic E-state index is -1.19. The van der Waals surface area contributed by atoms with E-state index in [9.17, 15) is 14.4 Å². The second-order valence-electron chi connectivity index (χ2n) is 7.76. The summed E-state index contributed by atoms with van der Waals surface area (Å²) in [5.74, 6) is -1.61. The van der Waals surface area contributed by atoms with Crippen LogP contribution in [0.1, 0.15) is 27.5 Å². The molecule has 1 aliphatic rings. The van der Waals surface area contributed by atoms with Crippen molar-refractivity contribution < 1.29 is 29.0 Å². The van der Waals surface area contributed by atoms with Crippen molar-refractivity contribution in [1.82, 2.24) is 15.1 Å². The van der Waals surface area contributed by atoms with Gasteiger partial charge in [0.15, 0.2) is 11.8 Å². The molecule has 1 atom stereocenters. The van der Waals surface area contributed by atoms with E-state index in [4.69, 9.17) is 14.6 Å². The van der Waals surface area contributed by atoms with Crippen molar-refractivity contribution in [1.29, 1.82) is 0 Å². The number of amides is 2. The zero-order valence-electron chi connectivity index (χ0n) is 18.6. The van der Waals surface area contributed by atoms with Gasteiger partial charge in [-0.25, -0.2) is 9.59 Å². The number of anilines is 1. The maximum atomic E-state index is 12.5. The third-order valence-corrected chi connectivity index (χ3v) is 5.69.